The lowest BCUT2D eigenvalue weighted by atomic mass is 10.1. The molecule has 7 N–H and O–H groups in total. The molecule has 0 unspecified atom stereocenters. The molecule has 0 aromatic heterocycles. The molecule has 0 radical (unpaired) electrons. The normalized spacial score (nSPS) is 9.06. The Morgan fingerprint density at radius 3 is 2.38 bits per heavy atom. The van der Waals surface area contributed by atoms with Crippen LogP contribution in [0.25, 0.3) is 10.8 Å². The van der Waals surface area contributed by atoms with Gasteiger partial charge in [-0.15, -0.1) is 0 Å². The fourth-order valence-corrected chi connectivity index (χ4v) is 1.59. The summed E-state index contributed by atoms with van der Waals surface area (Å²) in [6.45, 7) is 1.47. The molecule has 2 rings (SSSR count). The molecule has 16 heavy (non-hydrogen) atoms. The Kier molecular flexibility index (Phi) is 6.10. The highest BCUT2D eigenvalue weighted by molar-refractivity contribution is 5.93. The Morgan fingerprint density at radius 1 is 0.938 bits per heavy atom. The molecule has 0 bridgehead atoms. The van der Waals surface area contributed by atoms with Crippen molar-refractivity contribution in [2.75, 3.05) is 18.4 Å². The highest BCUT2D eigenvalue weighted by Crippen LogP contribution is 2.22. The smallest absolute Gasteiger partial charge is 0.0420 e. The molecule has 0 aliphatic rings. The van der Waals surface area contributed by atoms with Gasteiger partial charge in [-0.2, -0.15) is 0 Å². The Hall–Kier alpha value is -1.62. The fourth-order valence-electron chi connectivity index (χ4n) is 1.59. The van der Waals surface area contributed by atoms with E-state index in [1.165, 1.54) is 10.8 Å². The number of nitrogens with one attached hydrogen (secondary N) is 1. The maximum absolute atomic E-state index is 5.46. The van der Waals surface area contributed by atoms with Crippen molar-refractivity contribution >= 4 is 16.5 Å². The van der Waals surface area contributed by atoms with Gasteiger partial charge in [0.15, 0.2) is 0 Å². The van der Waals surface area contributed by atoms with Crippen LogP contribution in [0, 0.1) is 0 Å². The number of nitrogens with two attached hydrogens (primary N) is 1. The van der Waals surface area contributed by atoms with E-state index in [1.54, 1.807) is 0 Å². The molecule has 4 nitrogen and oxygen atoms in total. The number of rotatable bonds is 3. The number of anilines is 1. The van der Waals surface area contributed by atoms with E-state index in [0.29, 0.717) is 6.54 Å². The van der Waals surface area contributed by atoms with Crippen LogP contribution in [0.2, 0.25) is 0 Å². The van der Waals surface area contributed by atoms with Gasteiger partial charge in [-0.1, -0.05) is 36.4 Å². The Morgan fingerprint density at radius 2 is 1.62 bits per heavy atom. The summed E-state index contributed by atoms with van der Waals surface area (Å²) in [6.07, 6.45) is 0. The standard InChI is InChI=1S/C12H14N2.2H2O/c13-8-9-14-12-7-3-5-10-4-1-2-6-11(10)12;;/h1-7,14H,8-9,13H2;2*1H2. The van der Waals surface area contributed by atoms with Gasteiger partial charge in [0.2, 0.25) is 0 Å². The number of fused-ring (bicyclic) bond motifs is 1. The third-order valence-electron chi connectivity index (χ3n) is 2.25. The van der Waals surface area contributed by atoms with Crippen molar-refractivity contribution in [1.82, 2.24) is 0 Å². The lowest BCUT2D eigenvalue weighted by molar-refractivity contribution is 0.823. The molecule has 0 saturated carbocycles. The molecule has 0 aliphatic heterocycles. The van der Waals surface area contributed by atoms with E-state index in [0.717, 1.165) is 12.2 Å². The van der Waals surface area contributed by atoms with Crippen molar-refractivity contribution in [1.29, 1.82) is 0 Å². The van der Waals surface area contributed by atoms with Crippen molar-refractivity contribution in [3.05, 3.63) is 42.5 Å². The highest BCUT2D eigenvalue weighted by Gasteiger charge is 1.97. The second-order valence-electron chi connectivity index (χ2n) is 3.24. The van der Waals surface area contributed by atoms with Crippen LogP contribution >= 0.6 is 0 Å². The summed E-state index contributed by atoms with van der Waals surface area (Å²) in [6, 6.07) is 14.6. The summed E-state index contributed by atoms with van der Waals surface area (Å²) >= 11 is 0. The zero-order valence-electron chi connectivity index (χ0n) is 9.03. The molecule has 0 heterocycles. The first-order chi connectivity index (χ1) is 6.92. The minimum Gasteiger partial charge on any atom is -0.412 e. The molecular formula is C12H18N2O2. The van der Waals surface area contributed by atoms with Crippen molar-refractivity contribution in [2.45, 2.75) is 0 Å². The van der Waals surface area contributed by atoms with Crippen LogP contribution in [0.1, 0.15) is 0 Å². The first-order valence-electron chi connectivity index (χ1n) is 4.83. The molecule has 0 aliphatic carbocycles. The molecule has 4 heteroatoms. The summed E-state index contributed by atoms with van der Waals surface area (Å²) in [5, 5.41) is 5.82. The number of hydrogen-bond acceptors (Lipinski definition) is 2. The third kappa shape index (κ3) is 2.93. The highest BCUT2D eigenvalue weighted by atomic mass is 16.0. The molecule has 0 fully saturated rings. The van der Waals surface area contributed by atoms with E-state index in [2.05, 4.69) is 47.8 Å². The minimum absolute atomic E-state index is 0. The van der Waals surface area contributed by atoms with Crippen LogP contribution in [0.4, 0.5) is 5.69 Å². The molecule has 0 saturated heterocycles. The van der Waals surface area contributed by atoms with E-state index in [-0.39, 0.29) is 11.0 Å². The van der Waals surface area contributed by atoms with Gasteiger partial charge in [-0.25, -0.2) is 0 Å². The summed E-state index contributed by atoms with van der Waals surface area (Å²) < 4.78 is 0. The average Bonchev–Trinajstić information content (AvgIpc) is 2.26. The molecular weight excluding hydrogens is 204 g/mol. The fraction of sp³-hybridized carbons (Fsp3) is 0.167. The van der Waals surface area contributed by atoms with Crippen molar-refractivity contribution in [3.8, 4) is 0 Å². The number of hydrogen-bond donors (Lipinski definition) is 2. The van der Waals surface area contributed by atoms with Crippen LogP contribution < -0.4 is 11.1 Å². The molecule has 88 valence electrons. The van der Waals surface area contributed by atoms with E-state index in [4.69, 9.17) is 5.73 Å². The maximum atomic E-state index is 5.46. The third-order valence-corrected chi connectivity index (χ3v) is 2.25. The largest absolute Gasteiger partial charge is 0.412 e. The van der Waals surface area contributed by atoms with Gasteiger partial charge in [0.1, 0.15) is 0 Å². The van der Waals surface area contributed by atoms with E-state index in [1.807, 2.05) is 0 Å². The zero-order chi connectivity index (χ0) is 9.80. The molecule has 0 amide bonds. The zero-order valence-corrected chi connectivity index (χ0v) is 9.03. The van der Waals surface area contributed by atoms with Crippen LogP contribution in [-0.2, 0) is 0 Å². The molecule has 2 aromatic rings. The first kappa shape index (κ1) is 14.4. The lowest BCUT2D eigenvalue weighted by Crippen LogP contribution is -2.13. The monoisotopic (exact) mass is 222 g/mol. The first-order valence-corrected chi connectivity index (χ1v) is 4.83. The maximum Gasteiger partial charge on any atom is 0.0420 e. The van der Waals surface area contributed by atoms with Crippen molar-refractivity contribution < 1.29 is 11.0 Å². The van der Waals surface area contributed by atoms with E-state index >= 15 is 0 Å². The summed E-state index contributed by atoms with van der Waals surface area (Å²) in [7, 11) is 0. The quantitative estimate of drug-likeness (QED) is 0.792. The van der Waals surface area contributed by atoms with Gasteiger partial charge in [0.25, 0.3) is 0 Å². The predicted molar refractivity (Wildman–Crippen MR) is 68.7 cm³/mol. The number of benzene rings is 2. The molecule has 0 atom stereocenters. The summed E-state index contributed by atoms with van der Waals surface area (Å²) in [4.78, 5) is 0. The van der Waals surface area contributed by atoms with Crippen LogP contribution in [0.5, 0.6) is 0 Å². The topological polar surface area (TPSA) is 101 Å². The Labute approximate surface area is 94.7 Å². The van der Waals surface area contributed by atoms with Crippen LogP contribution in [0.3, 0.4) is 0 Å². The van der Waals surface area contributed by atoms with Crippen LogP contribution in [-0.4, -0.2) is 24.0 Å². The SMILES string of the molecule is NCCNc1cccc2ccccc12.O.O. The van der Waals surface area contributed by atoms with Gasteiger partial charge in [-0.3, -0.25) is 0 Å². The van der Waals surface area contributed by atoms with Crippen molar-refractivity contribution in [3.63, 3.8) is 0 Å². The van der Waals surface area contributed by atoms with Gasteiger partial charge < -0.3 is 22.0 Å². The van der Waals surface area contributed by atoms with E-state index < -0.39 is 0 Å². The van der Waals surface area contributed by atoms with Gasteiger partial charge >= 0.3 is 0 Å². The summed E-state index contributed by atoms with van der Waals surface area (Å²) in [5.74, 6) is 0. The van der Waals surface area contributed by atoms with Crippen LogP contribution in [0.15, 0.2) is 42.5 Å². The van der Waals surface area contributed by atoms with Crippen molar-refractivity contribution in [2.24, 2.45) is 5.73 Å². The lowest BCUT2D eigenvalue weighted by Gasteiger charge is -2.08. The minimum atomic E-state index is 0. The van der Waals surface area contributed by atoms with Gasteiger partial charge in [-0.05, 0) is 11.5 Å². The Bertz CT molecular complexity index is 427. The Balaban J connectivity index is 0.00000112. The van der Waals surface area contributed by atoms with Gasteiger partial charge in [0, 0.05) is 24.2 Å². The second-order valence-corrected chi connectivity index (χ2v) is 3.24. The predicted octanol–water partition coefficient (Wildman–Crippen LogP) is 0.561. The van der Waals surface area contributed by atoms with Gasteiger partial charge in [0.05, 0.1) is 0 Å². The molecule has 2 aromatic carbocycles. The average molecular weight is 222 g/mol. The van der Waals surface area contributed by atoms with E-state index in [9.17, 15) is 0 Å². The molecule has 0 spiro atoms. The second kappa shape index (κ2) is 6.79. The summed E-state index contributed by atoms with van der Waals surface area (Å²) in [5.41, 5.74) is 6.62.